The van der Waals surface area contributed by atoms with Crippen molar-refractivity contribution in [3.8, 4) is 0 Å². The summed E-state index contributed by atoms with van der Waals surface area (Å²) >= 11 is 0. The Balaban J connectivity index is 3.64. The molecule has 0 aliphatic heterocycles. The van der Waals surface area contributed by atoms with Gasteiger partial charge < -0.3 is 5.73 Å². The molecule has 2 N–H and O–H groups in total. The zero-order chi connectivity index (χ0) is 10.1. The fourth-order valence-corrected chi connectivity index (χ4v) is 1.36. The maximum atomic E-state index is 10.4. The van der Waals surface area contributed by atoms with E-state index in [0.29, 0.717) is 0 Å². The van der Waals surface area contributed by atoms with Gasteiger partial charge in [-0.2, -0.15) is 0 Å². The largest absolute Gasteiger partial charge is 0.366 e. The molecule has 0 aliphatic rings. The molecule has 13 heavy (non-hydrogen) atoms. The van der Waals surface area contributed by atoms with Crippen LogP contribution in [0.4, 0.5) is 0 Å². The summed E-state index contributed by atoms with van der Waals surface area (Å²) in [6, 6.07) is 0. The molecule has 0 rings (SSSR count). The van der Waals surface area contributed by atoms with Crippen molar-refractivity contribution in [1.82, 2.24) is 0 Å². The van der Waals surface area contributed by atoms with Crippen LogP contribution in [-0.4, -0.2) is 5.91 Å². The highest BCUT2D eigenvalue weighted by molar-refractivity contribution is 5.85. The Morgan fingerprint density at radius 1 is 1.46 bits per heavy atom. The molecule has 0 radical (unpaired) electrons. The maximum Gasteiger partial charge on any atom is 0.241 e. The van der Waals surface area contributed by atoms with E-state index in [9.17, 15) is 4.79 Å². The summed E-state index contributed by atoms with van der Waals surface area (Å²) in [5.41, 5.74) is 4.99. The van der Waals surface area contributed by atoms with E-state index in [-0.39, 0.29) is 5.91 Å². The van der Waals surface area contributed by atoms with Crippen LogP contribution in [0.2, 0.25) is 0 Å². The fourth-order valence-electron chi connectivity index (χ4n) is 1.36. The molecule has 1 amide bonds. The second-order valence-electron chi connectivity index (χ2n) is 3.46. The SMILES string of the molecule is CCCCC(CC)CC=CC(N)=O. The summed E-state index contributed by atoms with van der Waals surface area (Å²) in [5, 5.41) is 0. The number of nitrogens with two attached hydrogens (primary N) is 1. The monoisotopic (exact) mass is 183 g/mol. The van der Waals surface area contributed by atoms with Crippen molar-refractivity contribution in [2.75, 3.05) is 0 Å². The van der Waals surface area contributed by atoms with Gasteiger partial charge in [0.15, 0.2) is 0 Å². The minimum Gasteiger partial charge on any atom is -0.366 e. The van der Waals surface area contributed by atoms with Crippen LogP contribution in [0.5, 0.6) is 0 Å². The van der Waals surface area contributed by atoms with Gasteiger partial charge in [-0.15, -0.1) is 0 Å². The van der Waals surface area contributed by atoms with Gasteiger partial charge in [0.1, 0.15) is 0 Å². The van der Waals surface area contributed by atoms with Crippen molar-refractivity contribution >= 4 is 5.91 Å². The van der Waals surface area contributed by atoms with Gasteiger partial charge in [-0.1, -0.05) is 45.6 Å². The van der Waals surface area contributed by atoms with E-state index in [1.807, 2.05) is 6.08 Å². The molecule has 0 aliphatic carbocycles. The Labute approximate surface area is 81.2 Å². The van der Waals surface area contributed by atoms with Crippen LogP contribution < -0.4 is 5.73 Å². The lowest BCUT2D eigenvalue weighted by atomic mass is 9.96. The number of carbonyl (C=O) groups excluding carboxylic acids is 1. The topological polar surface area (TPSA) is 43.1 Å². The van der Waals surface area contributed by atoms with Crippen molar-refractivity contribution in [1.29, 1.82) is 0 Å². The molecule has 2 nitrogen and oxygen atoms in total. The van der Waals surface area contributed by atoms with Gasteiger partial charge >= 0.3 is 0 Å². The Morgan fingerprint density at radius 2 is 2.15 bits per heavy atom. The third kappa shape index (κ3) is 7.57. The molecule has 76 valence electrons. The average Bonchev–Trinajstić information content (AvgIpc) is 2.10. The molecule has 2 heteroatoms. The molecule has 0 saturated carbocycles. The fraction of sp³-hybridized carbons (Fsp3) is 0.727. The average molecular weight is 183 g/mol. The number of primary amides is 1. The molecule has 1 atom stereocenters. The van der Waals surface area contributed by atoms with E-state index in [4.69, 9.17) is 5.73 Å². The first kappa shape index (κ1) is 12.2. The predicted molar refractivity (Wildman–Crippen MR) is 56.3 cm³/mol. The molecule has 0 saturated heterocycles. The van der Waals surface area contributed by atoms with E-state index >= 15 is 0 Å². The highest BCUT2D eigenvalue weighted by Crippen LogP contribution is 2.16. The summed E-state index contributed by atoms with van der Waals surface area (Å²) in [6.07, 6.45) is 9.32. The minimum atomic E-state index is -0.342. The summed E-state index contributed by atoms with van der Waals surface area (Å²) in [7, 11) is 0. The summed E-state index contributed by atoms with van der Waals surface area (Å²) in [5.74, 6) is 0.376. The van der Waals surface area contributed by atoms with Crippen LogP contribution >= 0.6 is 0 Å². The Hall–Kier alpha value is -0.790. The molecule has 0 spiro atoms. The van der Waals surface area contributed by atoms with Gasteiger partial charge in [-0.25, -0.2) is 0 Å². The number of hydrogen-bond donors (Lipinski definition) is 1. The summed E-state index contributed by atoms with van der Waals surface area (Å²) in [6.45, 7) is 4.39. The van der Waals surface area contributed by atoms with E-state index in [0.717, 1.165) is 12.3 Å². The molecule has 0 heterocycles. The van der Waals surface area contributed by atoms with Gasteiger partial charge in [-0.3, -0.25) is 4.79 Å². The quantitative estimate of drug-likeness (QED) is 0.606. The smallest absolute Gasteiger partial charge is 0.241 e. The first-order chi connectivity index (χ1) is 6.20. The van der Waals surface area contributed by atoms with Crippen LogP contribution in [-0.2, 0) is 4.79 Å². The van der Waals surface area contributed by atoms with Crippen molar-refractivity contribution in [2.24, 2.45) is 11.7 Å². The zero-order valence-electron chi connectivity index (χ0n) is 8.75. The standard InChI is InChI=1S/C11H21NO/c1-3-5-7-10(4-2)8-6-9-11(12)13/h6,9-10H,3-5,7-8H2,1-2H3,(H2,12,13). The van der Waals surface area contributed by atoms with Crippen molar-refractivity contribution in [3.63, 3.8) is 0 Å². The zero-order valence-corrected chi connectivity index (χ0v) is 8.75. The van der Waals surface area contributed by atoms with Crippen LogP contribution in [0.3, 0.4) is 0 Å². The van der Waals surface area contributed by atoms with Crippen LogP contribution in [0.25, 0.3) is 0 Å². The number of unbranched alkanes of at least 4 members (excludes halogenated alkanes) is 1. The van der Waals surface area contributed by atoms with Crippen molar-refractivity contribution < 1.29 is 4.79 Å². The maximum absolute atomic E-state index is 10.4. The molecule has 0 aromatic rings. The van der Waals surface area contributed by atoms with E-state index in [1.54, 1.807) is 0 Å². The van der Waals surface area contributed by atoms with Gasteiger partial charge in [-0.05, 0) is 18.4 Å². The third-order valence-electron chi connectivity index (χ3n) is 2.29. The lowest BCUT2D eigenvalue weighted by Gasteiger charge is -2.10. The second kappa shape index (κ2) is 7.84. The number of allylic oxidation sites excluding steroid dienone is 1. The molecule has 0 bridgehead atoms. The first-order valence-corrected chi connectivity index (χ1v) is 5.16. The van der Waals surface area contributed by atoms with Gasteiger partial charge in [0.25, 0.3) is 0 Å². The van der Waals surface area contributed by atoms with Gasteiger partial charge in [0.05, 0.1) is 0 Å². The second-order valence-corrected chi connectivity index (χ2v) is 3.46. The minimum absolute atomic E-state index is 0.342. The number of carbonyl (C=O) groups is 1. The van der Waals surface area contributed by atoms with E-state index < -0.39 is 0 Å². The van der Waals surface area contributed by atoms with Crippen LogP contribution in [0.15, 0.2) is 12.2 Å². The summed E-state index contributed by atoms with van der Waals surface area (Å²) < 4.78 is 0. The Bertz CT molecular complexity index is 163. The highest BCUT2D eigenvalue weighted by Gasteiger charge is 2.02. The predicted octanol–water partition coefficient (Wildman–Crippen LogP) is 2.63. The van der Waals surface area contributed by atoms with E-state index in [2.05, 4.69) is 13.8 Å². The molecular weight excluding hydrogens is 162 g/mol. The van der Waals surface area contributed by atoms with E-state index in [1.165, 1.54) is 31.8 Å². The van der Waals surface area contributed by atoms with Crippen molar-refractivity contribution in [3.05, 3.63) is 12.2 Å². The van der Waals surface area contributed by atoms with Crippen molar-refractivity contribution in [2.45, 2.75) is 46.0 Å². The lowest BCUT2D eigenvalue weighted by molar-refractivity contribution is -0.113. The molecule has 0 aromatic heterocycles. The van der Waals surface area contributed by atoms with Gasteiger partial charge in [0, 0.05) is 0 Å². The lowest BCUT2D eigenvalue weighted by Crippen LogP contribution is -2.06. The number of rotatable bonds is 7. The number of hydrogen-bond acceptors (Lipinski definition) is 1. The highest BCUT2D eigenvalue weighted by atomic mass is 16.1. The van der Waals surface area contributed by atoms with Gasteiger partial charge in [0.2, 0.25) is 5.91 Å². The molecular formula is C11H21NO. The molecule has 1 unspecified atom stereocenters. The Kier molecular flexibility index (Phi) is 7.36. The third-order valence-corrected chi connectivity index (χ3v) is 2.29. The normalized spacial score (nSPS) is 13.4. The number of amides is 1. The summed E-state index contributed by atoms with van der Waals surface area (Å²) in [4.78, 5) is 10.4. The molecule has 0 fully saturated rings. The molecule has 0 aromatic carbocycles. The van der Waals surface area contributed by atoms with Crippen LogP contribution in [0, 0.1) is 5.92 Å². The first-order valence-electron chi connectivity index (χ1n) is 5.16. The van der Waals surface area contributed by atoms with Crippen LogP contribution in [0.1, 0.15) is 46.0 Å². The Morgan fingerprint density at radius 3 is 2.62 bits per heavy atom.